The molecule has 0 atom stereocenters. The van der Waals surface area contributed by atoms with Crippen LogP contribution in [0.25, 0.3) is 21.5 Å². The van der Waals surface area contributed by atoms with E-state index >= 15 is 0 Å². The molecular weight excluding hydrogens is 310 g/mol. The maximum atomic E-state index is 12.9. The van der Waals surface area contributed by atoms with Crippen LogP contribution in [0.15, 0.2) is 45.1 Å². The van der Waals surface area contributed by atoms with Gasteiger partial charge in [0.2, 0.25) is 5.43 Å². The second-order valence-corrected chi connectivity index (χ2v) is 5.76. The highest BCUT2D eigenvalue weighted by Gasteiger charge is 2.19. The number of phenolic OH excluding ortho intramolecular Hbond substituents is 2. The SMILES string of the molecule is Cc1cc(O)c2c3c(=O)c4cccc(O)c4c(=O)c=3/c(=N/O)c2c1. The minimum atomic E-state index is -0.612. The average Bonchev–Trinajstić information content (AvgIpc) is 2.87. The van der Waals surface area contributed by atoms with Gasteiger partial charge < -0.3 is 15.4 Å². The van der Waals surface area contributed by atoms with Crippen LogP contribution in [0.2, 0.25) is 0 Å². The largest absolute Gasteiger partial charge is 0.507 e. The fourth-order valence-corrected chi connectivity index (χ4v) is 3.37. The lowest BCUT2D eigenvalue weighted by atomic mass is 10.0. The highest BCUT2D eigenvalue weighted by atomic mass is 16.4. The summed E-state index contributed by atoms with van der Waals surface area (Å²) in [6.07, 6.45) is 0. The number of aromatic hydroxyl groups is 2. The number of phenols is 2. The maximum Gasteiger partial charge on any atom is 0.200 e. The van der Waals surface area contributed by atoms with E-state index in [0.717, 1.165) is 0 Å². The van der Waals surface area contributed by atoms with Crippen molar-refractivity contribution in [1.82, 2.24) is 0 Å². The first-order valence-corrected chi connectivity index (χ1v) is 7.18. The lowest BCUT2D eigenvalue weighted by molar-refractivity contribution is 0.302. The molecule has 3 N–H and O–H groups in total. The van der Waals surface area contributed by atoms with Crippen molar-refractivity contribution < 1.29 is 15.4 Å². The van der Waals surface area contributed by atoms with Crippen molar-refractivity contribution in [2.75, 3.05) is 0 Å². The molecule has 2 aliphatic carbocycles. The minimum Gasteiger partial charge on any atom is -0.507 e. The maximum absolute atomic E-state index is 12.9. The molecule has 0 amide bonds. The Hall–Kier alpha value is -3.41. The lowest BCUT2D eigenvalue weighted by Crippen LogP contribution is -2.19. The quantitative estimate of drug-likeness (QED) is 0.334. The van der Waals surface area contributed by atoms with Gasteiger partial charge in [-0.2, -0.15) is 0 Å². The summed E-state index contributed by atoms with van der Waals surface area (Å²) in [6, 6.07) is 7.33. The molecule has 0 bridgehead atoms. The molecule has 2 aliphatic rings. The van der Waals surface area contributed by atoms with E-state index in [0.29, 0.717) is 10.9 Å². The van der Waals surface area contributed by atoms with Crippen LogP contribution >= 0.6 is 0 Å². The van der Waals surface area contributed by atoms with E-state index in [1.165, 1.54) is 24.3 Å². The van der Waals surface area contributed by atoms with Crippen LogP contribution < -0.4 is 16.2 Å². The fraction of sp³-hybridized carbons (Fsp3) is 0.0556. The topological polar surface area (TPSA) is 107 Å². The Labute approximate surface area is 133 Å². The Morgan fingerprint density at radius 1 is 0.875 bits per heavy atom. The molecule has 0 aromatic heterocycles. The van der Waals surface area contributed by atoms with E-state index in [9.17, 15) is 25.0 Å². The van der Waals surface area contributed by atoms with Crippen LogP contribution in [0, 0.1) is 17.4 Å². The van der Waals surface area contributed by atoms with E-state index in [1.54, 1.807) is 13.0 Å². The molecule has 4 rings (SSSR count). The van der Waals surface area contributed by atoms with Crippen LogP contribution in [-0.2, 0) is 0 Å². The number of fused-ring (bicyclic) bond motifs is 3. The second-order valence-electron chi connectivity index (χ2n) is 5.76. The number of hydrogen-bond acceptors (Lipinski definition) is 6. The summed E-state index contributed by atoms with van der Waals surface area (Å²) >= 11 is 0. The van der Waals surface area contributed by atoms with E-state index in [4.69, 9.17) is 0 Å². The van der Waals surface area contributed by atoms with Crippen molar-refractivity contribution in [1.29, 1.82) is 0 Å². The van der Waals surface area contributed by atoms with Crippen LogP contribution in [0.1, 0.15) is 5.56 Å². The normalized spacial score (nSPS) is 12.6. The van der Waals surface area contributed by atoms with Crippen molar-refractivity contribution in [2.45, 2.75) is 6.92 Å². The van der Waals surface area contributed by atoms with Crippen molar-refractivity contribution in [3.8, 4) is 11.5 Å². The number of hydrogen-bond donors (Lipinski definition) is 3. The molecule has 6 nitrogen and oxygen atoms in total. The first kappa shape index (κ1) is 14.2. The molecule has 0 saturated carbocycles. The summed E-state index contributed by atoms with van der Waals surface area (Å²) in [5.41, 5.74) is -0.430. The number of nitrogens with zero attached hydrogens (tertiary/aromatic N) is 1. The standard InChI is InChI=1S/C18H11NO5/c1-7-5-9-12(11(21)6-7)14-15(16(9)19-24)18(23)13-8(17(14)22)3-2-4-10(13)20/h2-6,20-21,24H,1H3/b19-16+. The molecule has 0 spiro atoms. The molecule has 2 aromatic carbocycles. The second kappa shape index (κ2) is 4.55. The van der Waals surface area contributed by atoms with Gasteiger partial charge in [0.15, 0.2) is 5.43 Å². The molecule has 6 heteroatoms. The van der Waals surface area contributed by atoms with E-state index in [2.05, 4.69) is 5.16 Å². The van der Waals surface area contributed by atoms with Gasteiger partial charge in [0.1, 0.15) is 16.9 Å². The predicted molar refractivity (Wildman–Crippen MR) is 87.1 cm³/mol. The molecule has 0 saturated heterocycles. The minimum absolute atomic E-state index is 0.00148. The predicted octanol–water partition coefficient (Wildman–Crippen LogP) is 1.32. The summed E-state index contributed by atoms with van der Waals surface area (Å²) in [4.78, 5) is 25.7. The van der Waals surface area contributed by atoms with Gasteiger partial charge in [-0.25, -0.2) is 0 Å². The third-order valence-corrected chi connectivity index (χ3v) is 4.32. The zero-order valence-electron chi connectivity index (χ0n) is 12.5. The Kier molecular flexibility index (Phi) is 2.69. The van der Waals surface area contributed by atoms with Crippen LogP contribution in [-0.4, -0.2) is 15.4 Å². The molecule has 2 aromatic rings. The van der Waals surface area contributed by atoms with Gasteiger partial charge >= 0.3 is 0 Å². The van der Waals surface area contributed by atoms with Gasteiger partial charge in [-0.15, -0.1) is 0 Å². The Bertz CT molecular complexity index is 1380. The molecule has 118 valence electrons. The number of rotatable bonds is 0. The summed E-state index contributed by atoms with van der Waals surface area (Å²) in [7, 11) is 0. The summed E-state index contributed by atoms with van der Waals surface area (Å²) in [5.74, 6) is -0.480. The summed E-state index contributed by atoms with van der Waals surface area (Å²) in [5, 5.41) is 33.1. The zero-order chi connectivity index (χ0) is 17.2. The van der Waals surface area contributed by atoms with Gasteiger partial charge in [-0.1, -0.05) is 17.3 Å². The third-order valence-electron chi connectivity index (χ3n) is 4.32. The van der Waals surface area contributed by atoms with E-state index in [-0.39, 0.29) is 43.5 Å². The molecule has 0 fully saturated rings. The molecule has 0 radical (unpaired) electrons. The van der Waals surface area contributed by atoms with Crippen molar-refractivity contribution in [3.05, 3.63) is 72.1 Å². The Morgan fingerprint density at radius 3 is 2.33 bits per heavy atom. The summed E-state index contributed by atoms with van der Waals surface area (Å²) < 4.78 is 0. The van der Waals surface area contributed by atoms with Crippen molar-refractivity contribution in [2.24, 2.45) is 5.16 Å². The van der Waals surface area contributed by atoms with Crippen LogP contribution in [0.4, 0.5) is 0 Å². The van der Waals surface area contributed by atoms with Gasteiger partial charge in [0.25, 0.3) is 0 Å². The highest BCUT2D eigenvalue weighted by Crippen LogP contribution is 2.27. The van der Waals surface area contributed by atoms with Crippen LogP contribution in [0.5, 0.6) is 11.5 Å². The smallest absolute Gasteiger partial charge is 0.200 e. The Balaban J connectivity index is 2.60. The third kappa shape index (κ3) is 1.57. The lowest BCUT2D eigenvalue weighted by Gasteiger charge is -2.00. The van der Waals surface area contributed by atoms with Crippen LogP contribution in [0.3, 0.4) is 0 Å². The molecule has 24 heavy (non-hydrogen) atoms. The van der Waals surface area contributed by atoms with Gasteiger partial charge in [-0.3, -0.25) is 9.59 Å². The fourth-order valence-electron chi connectivity index (χ4n) is 3.37. The summed E-state index contributed by atoms with van der Waals surface area (Å²) in [6.45, 7) is 1.73. The number of aryl methyl sites for hydroxylation is 1. The first-order valence-electron chi connectivity index (χ1n) is 7.18. The first-order chi connectivity index (χ1) is 11.5. The Morgan fingerprint density at radius 2 is 1.62 bits per heavy atom. The molecule has 0 aliphatic heterocycles. The van der Waals surface area contributed by atoms with Gasteiger partial charge in [0, 0.05) is 21.4 Å². The highest BCUT2D eigenvalue weighted by molar-refractivity contribution is 5.95. The van der Waals surface area contributed by atoms with Gasteiger partial charge in [0.05, 0.1) is 10.6 Å². The molecular formula is C18H11NO5. The zero-order valence-corrected chi connectivity index (χ0v) is 12.5. The van der Waals surface area contributed by atoms with E-state index in [1.807, 2.05) is 0 Å². The molecule has 0 unspecified atom stereocenters. The monoisotopic (exact) mass is 321 g/mol. The average molecular weight is 321 g/mol. The van der Waals surface area contributed by atoms with Crippen molar-refractivity contribution in [3.63, 3.8) is 0 Å². The van der Waals surface area contributed by atoms with Gasteiger partial charge in [-0.05, 0) is 30.7 Å². The molecule has 0 heterocycles. The number of benzene rings is 2. The van der Waals surface area contributed by atoms with E-state index < -0.39 is 10.9 Å². The van der Waals surface area contributed by atoms with Crippen molar-refractivity contribution >= 4 is 21.5 Å².